The Labute approximate surface area is 117 Å². The summed E-state index contributed by atoms with van der Waals surface area (Å²) in [4.78, 5) is 21.3. The van der Waals surface area contributed by atoms with Crippen molar-refractivity contribution in [2.45, 2.75) is 18.1 Å². The van der Waals surface area contributed by atoms with E-state index in [-0.39, 0.29) is 17.1 Å². The van der Waals surface area contributed by atoms with Gasteiger partial charge < -0.3 is 20.7 Å². The van der Waals surface area contributed by atoms with E-state index in [4.69, 9.17) is 16.6 Å². The van der Waals surface area contributed by atoms with Gasteiger partial charge in [0.25, 0.3) is 5.56 Å². The van der Waals surface area contributed by atoms with Gasteiger partial charge in [-0.05, 0) is 0 Å². The summed E-state index contributed by atoms with van der Waals surface area (Å²) in [6.07, 6.45) is -3.09. The molecule has 0 saturated heterocycles. The number of halogens is 1. The summed E-state index contributed by atoms with van der Waals surface area (Å²) in [7, 11) is 1.09. The standard InChI is InChI=1S/C10H15FN6O4/c1-21-10(13,2-18)5(11)8(20)17-3-14-4-6(17)15-9(12)16-7(4)19/h3,5,8,18,20H,2,13H2,1H3,(H3,12,15,16,19)/t5-,8+,10+/m0/s1. The number of aromatic amines is 1. The van der Waals surface area contributed by atoms with E-state index >= 15 is 0 Å². The van der Waals surface area contributed by atoms with Crippen LogP contribution in [0.25, 0.3) is 11.2 Å². The van der Waals surface area contributed by atoms with Gasteiger partial charge in [0.1, 0.15) is 0 Å². The topological polar surface area (TPSA) is 165 Å². The van der Waals surface area contributed by atoms with Gasteiger partial charge in [-0.2, -0.15) is 4.98 Å². The van der Waals surface area contributed by atoms with Gasteiger partial charge in [0.15, 0.2) is 29.3 Å². The molecule has 116 valence electrons. The lowest BCUT2D eigenvalue weighted by molar-refractivity contribution is -0.146. The minimum Gasteiger partial charge on any atom is -0.392 e. The second-order valence-corrected chi connectivity index (χ2v) is 4.41. The summed E-state index contributed by atoms with van der Waals surface area (Å²) < 4.78 is 19.8. The molecule has 2 heterocycles. The largest absolute Gasteiger partial charge is 0.392 e. The van der Waals surface area contributed by atoms with E-state index in [1.807, 2.05) is 0 Å². The zero-order chi connectivity index (χ0) is 15.8. The molecule has 3 atom stereocenters. The van der Waals surface area contributed by atoms with Crippen LogP contribution in [0.4, 0.5) is 10.3 Å². The number of aliphatic hydroxyl groups is 2. The first-order valence-corrected chi connectivity index (χ1v) is 5.83. The Balaban J connectivity index is 2.49. The molecule has 0 spiro atoms. The van der Waals surface area contributed by atoms with Crippen LogP contribution >= 0.6 is 0 Å². The molecule has 0 amide bonds. The van der Waals surface area contributed by atoms with E-state index in [0.29, 0.717) is 0 Å². The number of nitrogen functional groups attached to an aromatic ring is 1. The second kappa shape index (κ2) is 5.37. The highest BCUT2D eigenvalue weighted by molar-refractivity contribution is 5.70. The number of imidazole rings is 1. The van der Waals surface area contributed by atoms with Crippen LogP contribution in [-0.2, 0) is 4.74 Å². The van der Waals surface area contributed by atoms with E-state index in [2.05, 4.69) is 19.7 Å². The summed E-state index contributed by atoms with van der Waals surface area (Å²) in [5.41, 5.74) is 7.89. The van der Waals surface area contributed by atoms with Crippen molar-refractivity contribution in [2.24, 2.45) is 5.73 Å². The Morgan fingerprint density at radius 2 is 2.33 bits per heavy atom. The molecule has 11 heteroatoms. The average molecular weight is 302 g/mol. The SMILES string of the molecule is CO[C@](N)(CO)[C@@H](F)[C@@H](O)n1cnc2c(=O)[nH]c(N)nc21. The van der Waals surface area contributed by atoms with Crippen LogP contribution < -0.4 is 17.0 Å². The number of nitrogens with one attached hydrogen (secondary N) is 1. The van der Waals surface area contributed by atoms with Gasteiger partial charge in [-0.25, -0.2) is 9.37 Å². The van der Waals surface area contributed by atoms with Crippen molar-refractivity contribution < 1.29 is 19.3 Å². The zero-order valence-corrected chi connectivity index (χ0v) is 11.0. The third kappa shape index (κ3) is 2.47. The molecule has 2 rings (SSSR count). The Hall–Kier alpha value is -2.08. The lowest BCUT2D eigenvalue weighted by Gasteiger charge is -2.32. The van der Waals surface area contributed by atoms with E-state index in [9.17, 15) is 14.3 Å². The smallest absolute Gasteiger partial charge is 0.280 e. The number of fused-ring (bicyclic) bond motifs is 1. The number of rotatable bonds is 5. The summed E-state index contributed by atoms with van der Waals surface area (Å²) in [5, 5.41) is 19.1. The fourth-order valence-electron chi connectivity index (χ4n) is 1.79. The molecule has 0 radical (unpaired) electrons. The number of alkyl halides is 1. The van der Waals surface area contributed by atoms with Gasteiger partial charge >= 0.3 is 0 Å². The quantitative estimate of drug-likeness (QED) is 0.389. The molecule has 0 unspecified atom stereocenters. The monoisotopic (exact) mass is 302 g/mol. The number of H-pyrrole nitrogens is 1. The summed E-state index contributed by atoms with van der Waals surface area (Å²) >= 11 is 0. The third-order valence-electron chi connectivity index (χ3n) is 3.09. The van der Waals surface area contributed by atoms with Crippen molar-refractivity contribution in [3.05, 3.63) is 16.7 Å². The molecule has 10 nitrogen and oxygen atoms in total. The molecule has 21 heavy (non-hydrogen) atoms. The predicted octanol–water partition coefficient (Wildman–Crippen LogP) is -2.18. The van der Waals surface area contributed by atoms with Crippen molar-refractivity contribution >= 4 is 17.1 Å². The highest BCUT2D eigenvalue weighted by Gasteiger charge is 2.41. The number of methoxy groups -OCH3 is 1. The minimum atomic E-state index is -2.22. The molecule has 2 aromatic rings. The van der Waals surface area contributed by atoms with E-state index < -0.39 is 30.3 Å². The minimum absolute atomic E-state index is 0.122. The van der Waals surface area contributed by atoms with Gasteiger partial charge in [0.2, 0.25) is 5.95 Å². The van der Waals surface area contributed by atoms with Gasteiger partial charge in [0.05, 0.1) is 12.9 Å². The number of hydrogen-bond donors (Lipinski definition) is 5. The first-order valence-electron chi connectivity index (χ1n) is 5.83. The maximum atomic E-state index is 14.3. The maximum Gasteiger partial charge on any atom is 0.280 e. The van der Waals surface area contributed by atoms with Crippen LogP contribution in [0.5, 0.6) is 0 Å². The number of hydrogen-bond acceptors (Lipinski definition) is 8. The van der Waals surface area contributed by atoms with Gasteiger partial charge in [-0.1, -0.05) is 0 Å². The van der Waals surface area contributed by atoms with Crippen LogP contribution in [0.3, 0.4) is 0 Å². The average Bonchev–Trinajstić information content (AvgIpc) is 2.88. The fourth-order valence-corrected chi connectivity index (χ4v) is 1.79. The van der Waals surface area contributed by atoms with E-state index in [1.165, 1.54) is 0 Å². The highest BCUT2D eigenvalue weighted by atomic mass is 19.1. The summed E-state index contributed by atoms with van der Waals surface area (Å²) in [6.45, 7) is -0.871. The molecular weight excluding hydrogens is 287 g/mol. The zero-order valence-electron chi connectivity index (χ0n) is 11.0. The second-order valence-electron chi connectivity index (χ2n) is 4.41. The number of ether oxygens (including phenoxy) is 1. The van der Waals surface area contributed by atoms with Crippen molar-refractivity contribution in [3.63, 3.8) is 0 Å². The molecule has 0 saturated carbocycles. The van der Waals surface area contributed by atoms with Crippen molar-refractivity contribution in [3.8, 4) is 0 Å². The summed E-state index contributed by atoms with van der Waals surface area (Å²) in [5.74, 6) is -0.218. The first-order chi connectivity index (χ1) is 9.84. The Kier molecular flexibility index (Phi) is 3.91. The van der Waals surface area contributed by atoms with E-state index in [0.717, 1.165) is 18.0 Å². The van der Waals surface area contributed by atoms with Crippen molar-refractivity contribution in [1.29, 1.82) is 0 Å². The van der Waals surface area contributed by atoms with Crippen LogP contribution in [0.15, 0.2) is 11.1 Å². The fraction of sp³-hybridized carbons (Fsp3) is 0.500. The Morgan fingerprint density at radius 1 is 1.67 bits per heavy atom. The van der Waals surface area contributed by atoms with Gasteiger partial charge in [-0.15, -0.1) is 0 Å². The van der Waals surface area contributed by atoms with Crippen LogP contribution in [0, 0.1) is 0 Å². The molecule has 0 bridgehead atoms. The normalized spacial score (nSPS) is 17.6. The van der Waals surface area contributed by atoms with Crippen LogP contribution in [0.2, 0.25) is 0 Å². The maximum absolute atomic E-state index is 14.3. The van der Waals surface area contributed by atoms with Crippen molar-refractivity contribution in [1.82, 2.24) is 19.5 Å². The van der Waals surface area contributed by atoms with Crippen LogP contribution in [0.1, 0.15) is 6.23 Å². The third-order valence-corrected chi connectivity index (χ3v) is 3.09. The Morgan fingerprint density at radius 3 is 2.90 bits per heavy atom. The highest BCUT2D eigenvalue weighted by Crippen LogP contribution is 2.24. The predicted molar refractivity (Wildman–Crippen MR) is 69.7 cm³/mol. The molecule has 0 aliphatic rings. The number of anilines is 1. The van der Waals surface area contributed by atoms with Crippen LogP contribution in [-0.4, -0.2) is 55.3 Å². The van der Waals surface area contributed by atoms with Crippen molar-refractivity contribution in [2.75, 3.05) is 19.5 Å². The number of nitrogens with zero attached hydrogens (tertiary/aromatic N) is 3. The molecule has 0 fully saturated rings. The lowest BCUT2D eigenvalue weighted by atomic mass is 10.1. The van der Waals surface area contributed by atoms with Gasteiger partial charge in [-0.3, -0.25) is 20.1 Å². The molecule has 0 aromatic carbocycles. The molecule has 0 aliphatic heterocycles. The molecule has 2 aromatic heterocycles. The van der Waals surface area contributed by atoms with Gasteiger partial charge in [0, 0.05) is 7.11 Å². The van der Waals surface area contributed by atoms with E-state index in [1.54, 1.807) is 0 Å². The lowest BCUT2D eigenvalue weighted by Crippen LogP contribution is -2.56. The molecular formula is C10H15FN6O4. The number of nitrogens with two attached hydrogens (primary N) is 2. The first kappa shape index (κ1) is 15.3. The number of aromatic nitrogens is 4. The molecule has 7 N–H and O–H groups in total. The molecule has 0 aliphatic carbocycles. The summed E-state index contributed by atoms with van der Waals surface area (Å²) in [6, 6.07) is 0. The number of aliphatic hydroxyl groups excluding tert-OH is 2. The Bertz CT molecular complexity index is 696.